The minimum absolute atomic E-state index is 0.0302. The third-order valence-corrected chi connectivity index (χ3v) is 6.89. The summed E-state index contributed by atoms with van der Waals surface area (Å²) >= 11 is 0. The summed E-state index contributed by atoms with van der Waals surface area (Å²) < 4.78 is 40.8. The minimum atomic E-state index is -0.623. The molecule has 0 aromatic heterocycles. The van der Waals surface area contributed by atoms with E-state index in [4.69, 9.17) is 0 Å². The molecule has 0 bridgehead atoms. The van der Waals surface area contributed by atoms with Crippen LogP contribution >= 0.6 is 0 Å². The highest BCUT2D eigenvalue weighted by atomic mass is 19.1. The van der Waals surface area contributed by atoms with Crippen molar-refractivity contribution in [2.45, 2.75) is 50.7 Å². The zero-order chi connectivity index (χ0) is 24.5. The maximum absolute atomic E-state index is 14.1. The van der Waals surface area contributed by atoms with Gasteiger partial charge in [0, 0.05) is 30.0 Å². The Labute approximate surface area is 197 Å². The van der Waals surface area contributed by atoms with Crippen molar-refractivity contribution >= 4 is 5.91 Å². The molecule has 1 aliphatic rings. The molecule has 0 unspecified atom stereocenters. The summed E-state index contributed by atoms with van der Waals surface area (Å²) in [5, 5.41) is 10.1. The van der Waals surface area contributed by atoms with Crippen LogP contribution in [0.25, 0.3) is 11.1 Å². The van der Waals surface area contributed by atoms with Crippen LogP contribution in [0.3, 0.4) is 0 Å². The summed E-state index contributed by atoms with van der Waals surface area (Å²) in [6.45, 7) is 4.15. The number of carbonyl (C=O) groups excluding carboxylic acids is 1. The number of benzene rings is 3. The Bertz CT molecular complexity index is 1160. The van der Waals surface area contributed by atoms with E-state index in [1.165, 1.54) is 24.3 Å². The maximum atomic E-state index is 14.1. The van der Waals surface area contributed by atoms with Crippen molar-refractivity contribution in [1.82, 2.24) is 4.90 Å². The topological polar surface area (TPSA) is 40.5 Å². The largest absolute Gasteiger partial charge is 0.393 e. The lowest BCUT2D eigenvalue weighted by Crippen LogP contribution is -2.48. The Hall–Kier alpha value is -3.12. The quantitative estimate of drug-likeness (QED) is 0.472. The zero-order valence-electron chi connectivity index (χ0n) is 19.3. The maximum Gasteiger partial charge on any atom is 0.223 e. The number of amides is 1. The van der Waals surface area contributed by atoms with Crippen LogP contribution in [0.4, 0.5) is 13.2 Å². The lowest BCUT2D eigenvalue weighted by atomic mass is 9.69. The van der Waals surface area contributed by atoms with Crippen LogP contribution in [0.5, 0.6) is 0 Å². The molecule has 1 saturated heterocycles. The van der Waals surface area contributed by atoms with Crippen LogP contribution in [0.15, 0.2) is 66.7 Å². The van der Waals surface area contributed by atoms with Gasteiger partial charge in [0.15, 0.2) is 0 Å². The molecule has 1 heterocycles. The summed E-state index contributed by atoms with van der Waals surface area (Å²) in [5.74, 6) is -1.61. The Kier molecular flexibility index (Phi) is 6.80. The number of rotatable bonds is 6. The standard InChI is InChI=1S/C28H28F3NO2/c1-18(33)16-28(22-7-9-23(29)10-8-22)13-14-32(27(34)17-28)19(2)20-3-5-21(6-4-20)25-12-11-24(30)15-26(25)31/h3-12,15,18-19,33H,13-14,16-17H2,1-2H3/t18-,19+,28-/m1/s1. The van der Waals surface area contributed by atoms with Gasteiger partial charge >= 0.3 is 0 Å². The molecule has 3 nitrogen and oxygen atoms in total. The highest BCUT2D eigenvalue weighted by Gasteiger charge is 2.42. The number of likely N-dealkylation sites (tertiary alicyclic amines) is 1. The Morgan fingerprint density at radius 1 is 0.941 bits per heavy atom. The molecular formula is C28H28F3NO2. The number of nitrogens with zero attached hydrogens (tertiary/aromatic N) is 1. The summed E-state index contributed by atoms with van der Waals surface area (Å²) in [5.41, 5.74) is 2.17. The summed E-state index contributed by atoms with van der Waals surface area (Å²) in [4.78, 5) is 15.1. The van der Waals surface area contributed by atoms with Gasteiger partial charge in [0.1, 0.15) is 17.5 Å². The number of hydrogen-bond acceptors (Lipinski definition) is 2. The molecule has 1 N–H and O–H groups in total. The zero-order valence-corrected chi connectivity index (χ0v) is 19.3. The van der Waals surface area contributed by atoms with Crippen molar-refractivity contribution in [3.05, 3.63) is 95.3 Å². The van der Waals surface area contributed by atoms with E-state index in [0.29, 0.717) is 30.5 Å². The van der Waals surface area contributed by atoms with Crippen LogP contribution in [-0.4, -0.2) is 28.6 Å². The predicted molar refractivity (Wildman–Crippen MR) is 126 cm³/mol. The van der Waals surface area contributed by atoms with Gasteiger partial charge in [-0.15, -0.1) is 0 Å². The molecule has 34 heavy (non-hydrogen) atoms. The second-order valence-electron chi connectivity index (χ2n) is 9.28. The lowest BCUT2D eigenvalue weighted by Gasteiger charge is -2.44. The lowest BCUT2D eigenvalue weighted by molar-refractivity contribution is -0.138. The Balaban J connectivity index is 1.53. The Morgan fingerprint density at radius 3 is 2.18 bits per heavy atom. The van der Waals surface area contributed by atoms with Crippen molar-refractivity contribution in [2.24, 2.45) is 0 Å². The first-order valence-corrected chi connectivity index (χ1v) is 11.5. The normalized spacial score (nSPS) is 20.3. The second kappa shape index (κ2) is 9.63. The van der Waals surface area contributed by atoms with Crippen LogP contribution in [-0.2, 0) is 10.2 Å². The highest BCUT2D eigenvalue weighted by molar-refractivity contribution is 5.79. The molecule has 3 aromatic carbocycles. The summed E-state index contributed by atoms with van der Waals surface area (Å²) in [7, 11) is 0. The molecular weight excluding hydrogens is 439 g/mol. The van der Waals surface area contributed by atoms with E-state index in [2.05, 4.69) is 0 Å². The molecule has 1 fully saturated rings. The molecule has 0 radical (unpaired) electrons. The van der Waals surface area contributed by atoms with Gasteiger partial charge < -0.3 is 10.0 Å². The van der Waals surface area contributed by atoms with Crippen molar-refractivity contribution in [3.8, 4) is 11.1 Å². The molecule has 4 rings (SSSR count). The minimum Gasteiger partial charge on any atom is -0.393 e. The number of aliphatic hydroxyl groups is 1. The van der Waals surface area contributed by atoms with Gasteiger partial charge in [-0.1, -0.05) is 36.4 Å². The third-order valence-electron chi connectivity index (χ3n) is 6.89. The third kappa shape index (κ3) is 4.87. The molecule has 1 aliphatic heterocycles. The van der Waals surface area contributed by atoms with E-state index in [-0.39, 0.29) is 24.2 Å². The average molecular weight is 468 g/mol. The van der Waals surface area contributed by atoms with Gasteiger partial charge in [-0.2, -0.15) is 0 Å². The monoisotopic (exact) mass is 467 g/mol. The molecule has 0 saturated carbocycles. The van der Waals surface area contributed by atoms with Crippen LogP contribution < -0.4 is 0 Å². The molecule has 0 aliphatic carbocycles. The number of piperidine rings is 1. The highest BCUT2D eigenvalue weighted by Crippen LogP contribution is 2.42. The van der Waals surface area contributed by atoms with Crippen molar-refractivity contribution in [3.63, 3.8) is 0 Å². The smallest absolute Gasteiger partial charge is 0.223 e. The fraction of sp³-hybridized carbons (Fsp3) is 0.321. The van der Waals surface area contributed by atoms with Gasteiger partial charge in [0.05, 0.1) is 12.1 Å². The number of aliphatic hydroxyl groups excluding tert-OH is 1. The van der Waals surface area contributed by atoms with Crippen LogP contribution in [0.2, 0.25) is 0 Å². The average Bonchev–Trinajstić information content (AvgIpc) is 2.79. The van der Waals surface area contributed by atoms with E-state index in [0.717, 1.165) is 17.2 Å². The molecule has 1 amide bonds. The summed E-state index contributed by atoms with van der Waals surface area (Å²) in [6, 6.07) is 16.7. The van der Waals surface area contributed by atoms with Gasteiger partial charge in [-0.3, -0.25) is 4.79 Å². The van der Waals surface area contributed by atoms with Crippen molar-refractivity contribution < 1.29 is 23.1 Å². The van der Waals surface area contributed by atoms with Gasteiger partial charge in [-0.25, -0.2) is 13.2 Å². The number of carbonyl (C=O) groups is 1. The molecule has 3 aromatic rings. The predicted octanol–water partition coefficient (Wildman–Crippen LogP) is 6.16. The molecule has 178 valence electrons. The van der Waals surface area contributed by atoms with E-state index in [1.807, 2.05) is 24.0 Å². The number of halogens is 3. The Morgan fingerprint density at radius 2 is 1.59 bits per heavy atom. The first-order chi connectivity index (χ1) is 16.2. The molecule has 0 spiro atoms. The van der Waals surface area contributed by atoms with E-state index >= 15 is 0 Å². The summed E-state index contributed by atoms with van der Waals surface area (Å²) in [6.07, 6.45) is 0.705. The SMILES string of the molecule is C[C@@H](O)C[C@]1(c2ccc(F)cc2)CCN([C@@H](C)c2ccc(-c3ccc(F)cc3F)cc2)C(=O)C1. The molecule has 6 heteroatoms. The van der Waals surface area contributed by atoms with Crippen LogP contribution in [0.1, 0.15) is 50.3 Å². The first kappa shape index (κ1) is 24.0. The molecule has 3 atom stereocenters. The van der Waals surface area contributed by atoms with E-state index in [1.54, 1.807) is 31.2 Å². The van der Waals surface area contributed by atoms with E-state index < -0.39 is 23.2 Å². The van der Waals surface area contributed by atoms with Crippen molar-refractivity contribution in [1.29, 1.82) is 0 Å². The fourth-order valence-corrected chi connectivity index (χ4v) is 5.10. The van der Waals surface area contributed by atoms with Gasteiger partial charge in [0.2, 0.25) is 5.91 Å². The van der Waals surface area contributed by atoms with Crippen LogP contribution in [0, 0.1) is 17.5 Å². The number of hydrogen-bond donors (Lipinski definition) is 1. The fourth-order valence-electron chi connectivity index (χ4n) is 5.10. The van der Waals surface area contributed by atoms with E-state index in [9.17, 15) is 23.1 Å². The van der Waals surface area contributed by atoms with Gasteiger partial charge in [0.25, 0.3) is 0 Å². The van der Waals surface area contributed by atoms with Gasteiger partial charge in [-0.05, 0) is 67.6 Å². The first-order valence-electron chi connectivity index (χ1n) is 11.5. The second-order valence-corrected chi connectivity index (χ2v) is 9.28. The van der Waals surface area contributed by atoms with Crippen molar-refractivity contribution in [2.75, 3.05) is 6.54 Å².